The van der Waals surface area contributed by atoms with Gasteiger partial charge in [0.2, 0.25) is 0 Å². The van der Waals surface area contributed by atoms with Crippen LogP contribution in [-0.2, 0) is 0 Å². The van der Waals surface area contributed by atoms with Crippen molar-refractivity contribution in [1.82, 2.24) is 15.2 Å². The van der Waals surface area contributed by atoms with Crippen LogP contribution < -0.4 is 10.2 Å². The molecule has 0 aliphatic rings. The molecule has 1 atom stereocenters. The second-order valence-electron chi connectivity index (χ2n) is 5.47. The van der Waals surface area contributed by atoms with Gasteiger partial charge in [0, 0.05) is 24.5 Å². The summed E-state index contributed by atoms with van der Waals surface area (Å²) in [5.41, 5.74) is 1.17. The van der Waals surface area contributed by atoms with Gasteiger partial charge in [-0.3, -0.25) is 0 Å². The van der Waals surface area contributed by atoms with Gasteiger partial charge in [-0.15, -0.1) is 11.3 Å². The first kappa shape index (κ1) is 17.4. The van der Waals surface area contributed by atoms with Gasteiger partial charge in [0.05, 0.1) is 5.69 Å². The van der Waals surface area contributed by atoms with Crippen molar-refractivity contribution >= 4 is 16.5 Å². The zero-order valence-electron chi connectivity index (χ0n) is 13.6. The van der Waals surface area contributed by atoms with Crippen molar-refractivity contribution in [3.05, 3.63) is 11.1 Å². The van der Waals surface area contributed by atoms with E-state index < -0.39 is 0 Å². The number of nitrogens with one attached hydrogen (secondary N) is 1. The highest BCUT2D eigenvalue weighted by Gasteiger charge is 2.13. The van der Waals surface area contributed by atoms with Gasteiger partial charge in [0.1, 0.15) is 0 Å². The molecular formula is C15H30N4S. The maximum Gasteiger partial charge on any atom is 0.185 e. The van der Waals surface area contributed by atoms with Crippen LogP contribution in [0.4, 0.5) is 5.13 Å². The molecule has 20 heavy (non-hydrogen) atoms. The van der Waals surface area contributed by atoms with Gasteiger partial charge < -0.3 is 15.1 Å². The lowest BCUT2D eigenvalue weighted by atomic mass is 10.2. The summed E-state index contributed by atoms with van der Waals surface area (Å²) in [6.07, 6.45) is 2.34. The Labute approximate surface area is 128 Å². The lowest BCUT2D eigenvalue weighted by molar-refractivity contribution is 0.400. The standard InChI is InChI=1S/C15H30N4S/c1-6-9-16-13(3)14-12-20-15(17-14)19(7-2)11-8-10-18(4)5/h12-13,16H,6-11H2,1-5H3. The van der Waals surface area contributed by atoms with Gasteiger partial charge in [-0.2, -0.15) is 0 Å². The van der Waals surface area contributed by atoms with Gasteiger partial charge in [0.15, 0.2) is 5.13 Å². The third-order valence-corrected chi connectivity index (χ3v) is 4.26. The molecule has 0 saturated heterocycles. The van der Waals surface area contributed by atoms with Crippen LogP contribution in [0.5, 0.6) is 0 Å². The quantitative estimate of drug-likeness (QED) is 0.719. The van der Waals surface area contributed by atoms with E-state index in [2.05, 4.69) is 55.4 Å². The summed E-state index contributed by atoms with van der Waals surface area (Å²) in [7, 11) is 4.25. The van der Waals surface area contributed by atoms with Gasteiger partial charge >= 0.3 is 0 Å². The molecule has 116 valence electrons. The maximum absolute atomic E-state index is 4.80. The zero-order valence-corrected chi connectivity index (χ0v) is 14.5. The third kappa shape index (κ3) is 5.77. The first-order valence-electron chi connectivity index (χ1n) is 7.66. The minimum absolute atomic E-state index is 0.348. The van der Waals surface area contributed by atoms with Crippen LogP contribution in [0, 0.1) is 0 Å². The molecule has 0 fully saturated rings. The van der Waals surface area contributed by atoms with Crippen LogP contribution >= 0.6 is 11.3 Å². The smallest absolute Gasteiger partial charge is 0.185 e. The topological polar surface area (TPSA) is 31.4 Å². The van der Waals surface area contributed by atoms with Crippen LogP contribution in [0.15, 0.2) is 5.38 Å². The average Bonchev–Trinajstić information content (AvgIpc) is 2.90. The van der Waals surface area contributed by atoms with Crippen molar-refractivity contribution < 1.29 is 0 Å². The third-order valence-electron chi connectivity index (χ3n) is 3.34. The Hall–Kier alpha value is -0.650. The molecular weight excluding hydrogens is 268 g/mol. The monoisotopic (exact) mass is 298 g/mol. The fourth-order valence-electron chi connectivity index (χ4n) is 2.05. The van der Waals surface area contributed by atoms with E-state index in [0.29, 0.717) is 6.04 Å². The predicted octanol–water partition coefficient (Wildman–Crippen LogP) is 2.98. The molecule has 0 bridgehead atoms. The SMILES string of the molecule is CCCNC(C)c1csc(N(CC)CCCN(C)C)n1. The molecule has 1 N–H and O–H groups in total. The molecule has 0 amide bonds. The van der Waals surface area contributed by atoms with Crippen molar-refractivity contribution in [2.24, 2.45) is 0 Å². The first-order valence-corrected chi connectivity index (χ1v) is 8.54. The van der Waals surface area contributed by atoms with E-state index in [1.165, 1.54) is 12.1 Å². The molecule has 5 heteroatoms. The number of hydrogen-bond donors (Lipinski definition) is 1. The fraction of sp³-hybridized carbons (Fsp3) is 0.800. The van der Waals surface area contributed by atoms with Crippen LogP contribution in [-0.4, -0.2) is 50.2 Å². The van der Waals surface area contributed by atoms with Crippen molar-refractivity contribution in [1.29, 1.82) is 0 Å². The lowest BCUT2D eigenvalue weighted by Gasteiger charge is -2.21. The van der Waals surface area contributed by atoms with E-state index in [1.54, 1.807) is 11.3 Å². The Morgan fingerprint density at radius 3 is 2.65 bits per heavy atom. The molecule has 0 spiro atoms. The Morgan fingerprint density at radius 2 is 2.05 bits per heavy atom. The van der Waals surface area contributed by atoms with E-state index in [1.807, 2.05) is 0 Å². The Morgan fingerprint density at radius 1 is 1.30 bits per heavy atom. The van der Waals surface area contributed by atoms with E-state index in [0.717, 1.165) is 37.7 Å². The Bertz CT molecular complexity index is 365. The Kier molecular flexibility index (Phi) is 8.11. The number of hydrogen-bond acceptors (Lipinski definition) is 5. The molecule has 0 aliphatic heterocycles. The fourth-order valence-corrected chi connectivity index (χ4v) is 3.06. The minimum atomic E-state index is 0.348. The summed E-state index contributed by atoms with van der Waals surface area (Å²) in [6.45, 7) is 10.9. The summed E-state index contributed by atoms with van der Waals surface area (Å²) in [5.74, 6) is 0. The van der Waals surface area contributed by atoms with Crippen LogP contribution in [0.2, 0.25) is 0 Å². The highest BCUT2D eigenvalue weighted by molar-refractivity contribution is 7.13. The second-order valence-corrected chi connectivity index (χ2v) is 6.30. The van der Waals surface area contributed by atoms with Crippen molar-refractivity contribution in [2.45, 2.75) is 39.7 Å². The van der Waals surface area contributed by atoms with E-state index >= 15 is 0 Å². The number of thiazole rings is 1. The number of rotatable bonds is 10. The van der Waals surface area contributed by atoms with Crippen molar-refractivity contribution in [2.75, 3.05) is 45.2 Å². The molecule has 0 aromatic carbocycles. The van der Waals surface area contributed by atoms with Crippen molar-refractivity contribution in [3.8, 4) is 0 Å². The summed E-state index contributed by atoms with van der Waals surface area (Å²) >= 11 is 1.76. The number of nitrogens with zero attached hydrogens (tertiary/aromatic N) is 3. The van der Waals surface area contributed by atoms with Crippen LogP contribution in [0.1, 0.15) is 45.3 Å². The minimum Gasteiger partial charge on any atom is -0.348 e. The van der Waals surface area contributed by atoms with E-state index in [4.69, 9.17) is 4.98 Å². The van der Waals surface area contributed by atoms with E-state index in [9.17, 15) is 0 Å². The van der Waals surface area contributed by atoms with Gasteiger partial charge in [0.25, 0.3) is 0 Å². The second kappa shape index (κ2) is 9.32. The van der Waals surface area contributed by atoms with Gasteiger partial charge in [-0.05, 0) is 53.9 Å². The highest BCUT2D eigenvalue weighted by Crippen LogP contribution is 2.24. The summed E-state index contributed by atoms with van der Waals surface area (Å²) in [4.78, 5) is 9.41. The number of anilines is 1. The molecule has 1 heterocycles. The van der Waals surface area contributed by atoms with E-state index in [-0.39, 0.29) is 0 Å². The van der Waals surface area contributed by atoms with Gasteiger partial charge in [-0.1, -0.05) is 6.92 Å². The summed E-state index contributed by atoms with van der Waals surface area (Å²) in [5, 5.41) is 6.85. The molecule has 0 saturated carbocycles. The molecule has 0 radical (unpaired) electrons. The lowest BCUT2D eigenvalue weighted by Crippen LogP contribution is -2.27. The Balaban J connectivity index is 2.54. The molecule has 1 unspecified atom stereocenters. The molecule has 0 aliphatic carbocycles. The van der Waals surface area contributed by atoms with Crippen LogP contribution in [0.3, 0.4) is 0 Å². The molecule has 1 aromatic rings. The molecule has 1 aromatic heterocycles. The number of aromatic nitrogens is 1. The zero-order chi connectivity index (χ0) is 15.0. The van der Waals surface area contributed by atoms with Crippen molar-refractivity contribution in [3.63, 3.8) is 0 Å². The summed E-state index contributed by atoms with van der Waals surface area (Å²) < 4.78 is 0. The average molecular weight is 298 g/mol. The predicted molar refractivity (Wildman–Crippen MR) is 89.9 cm³/mol. The van der Waals surface area contributed by atoms with Gasteiger partial charge in [-0.25, -0.2) is 4.98 Å². The van der Waals surface area contributed by atoms with Crippen LogP contribution in [0.25, 0.3) is 0 Å². The molecule has 4 nitrogen and oxygen atoms in total. The highest BCUT2D eigenvalue weighted by atomic mass is 32.1. The largest absolute Gasteiger partial charge is 0.348 e. The maximum atomic E-state index is 4.80. The first-order chi connectivity index (χ1) is 9.58. The normalized spacial score (nSPS) is 12.9. The summed E-state index contributed by atoms with van der Waals surface area (Å²) in [6, 6.07) is 0.348. The molecule has 1 rings (SSSR count).